The fraction of sp³-hybridized carbons (Fsp3) is 0.222. The first-order valence-corrected chi connectivity index (χ1v) is 7.26. The van der Waals surface area contributed by atoms with E-state index in [1.807, 2.05) is 31.2 Å². The van der Waals surface area contributed by atoms with Gasteiger partial charge in [0.05, 0.1) is 25.7 Å². The summed E-state index contributed by atoms with van der Waals surface area (Å²) in [6.07, 6.45) is 0.219. The topological polar surface area (TPSA) is 64.6 Å². The van der Waals surface area contributed by atoms with Gasteiger partial charge >= 0.3 is 5.97 Å². The first-order valence-electron chi connectivity index (χ1n) is 7.26. The standard InChI is InChI=1S/C18H19NO4/c1-13-5-3-8-16(11-13)23-10-9-17(20)19-15-7-4-6-14(12-15)18(21)22-2/h3-8,11-12H,9-10H2,1-2H3,(H,19,20). The minimum absolute atomic E-state index is 0.181. The number of amides is 1. The fourth-order valence-corrected chi connectivity index (χ4v) is 2.03. The zero-order valence-corrected chi connectivity index (χ0v) is 13.2. The Kier molecular flexibility index (Phi) is 5.74. The van der Waals surface area contributed by atoms with E-state index in [9.17, 15) is 9.59 Å². The molecule has 0 spiro atoms. The molecule has 0 unspecified atom stereocenters. The van der Waals surface area contributed by atoms with Crippen molar-refractivity contribution in [3.63, 3.8) is 0 Å². The zero-order valence-electron chi connectivity index (χ0n) is 13.2. The van der Waals surface area contributed by atoms with E-state index in [1.165, 1.54) is 7.11 Å². The number of nitrogens with one attached hydrogen (secondary N) is 1. The Morgan fingerprint density at radius 1 is 1.09 bits per heavy atom. The lowest BCUT2D eigenvalue weighted by Crippen LogP contribution is -2.15. The fourth-order valence-electron chi connectivity index (χ4n) is 2.03. The van der Waals surface area contributed by atoms with Crippen molar-refractivity contribution < 1.29 is 19.1 Å². The SMILES string of the molecule is COC(=O)c1cccc(NC(=O)CCOc2cccc(C)c2)c1. The van der Waals surface area contributed by atoms with E-state index < -0.39 is 5.97 Å². The number of carbonyl (C=O) groups is 2. The molecule has 0 aromatic heterocycles. The molecule has 0 saturated heterocycles. The summed E-state index contributed by atoms with van der Waals surface area (Å²) in [6.45, 7) is 2.26. The quantitative estimate of drug-likeness (QED) is 0.832. The number of anilines is 1. The van der Waals surface area contributed by atoms with Crippen LogP contribution in [-0.2, 0) is 9.53 Å². The Morgan fingerprint density at radius 2 is 1.87 bits per heavy atom. The second kappa shape index (κ2) is 7.98. The summed E-state index contributed by atoms with van der Waals surface area (Å²) in [6, 6.07) is 14.3. The van der Waals surface area contributed by atoms with Crippen LogP contribution in [0.4, 0.5) is 5.69 Å². The van der Waals surface area contributed by atoms with Gasteiger partial charge in [-0.25, -0.2) is 4.79 Å². The third kappa shape index (κ3) is 5.14. The molecule has 0 aliphatic heterocycles. The number of hydrogen-bond acceptors (Lipinski definition) is 4. The third-order valence-corrected chi connectivity index (χ3v) is 3.15. The highest BCUT2D eigenvalue weighted by molar-refractivity contribution is 5.94. The highest BCUT2D eigenvalue weighted by Gasteiger charge is 2.08. The van der Waals surface area contributed by atoms with Gasteiger partial charge in [-0.1, -0.05) is 18.2 Å². The number of esters is 1. The molecule has 1 amide bonds. The van der Waals surface area contributed by atoms with Crippen LogP contribution in [-0.4, -0.2) is 25.6 Å². The Balaban J connectivity index is 1.84. The molecule has 0 saturated carbocycles. The summed E-state index contributed by atoms with van der Waals surface area (Å²) >= 11 is 0. The van der Waals surface area contributed by atoms with Crippen LogP contribution in [0.2, 0.25) is 0 Å². The van der Waals surface area contributed by atoms with Crippen molar-refractivity contribution in [2.45, 2.75) is 13.3 Å². The van der Waals surface area contributed by atoms with Gasteiger partial charge in [-0.05, 0) is 42.8 Å². The van der Waals surface area contributed by atoms with E-state index in [0.717, 1.165) is 11.3 Å². The first kappa shape index (κ1) is 16.5. The minimum Gasteiger partial charge on any atom is -0.493 e. The van der Waals surface area contributed by atoms with E-state index in [4.69, 9.17) is 4.74 Å². The molecule has 0 bridgehead atoms. The Bertz CT molecular complexity index is 697. The van der Waals surface area contributed by atoms with Gasteiger partial charge in [-0.15, -0.1) is 0 Å². The van der Waals surface area contributed by atoms with E-state index in [1.54, 1.807) is 24.3 Å². The summed E-state index contributed by atoms with van der Waals surface area (Å²) < 4.78 is 10.2. The lowest BCUT2D eigenvalue weighted by Gasteiger charge is -2.08. The van der Waals surface area contributed by atoms with Crippen LogP contribution < -0.4 is 10.1 Å². The van der Waals surface area contributed by atoms with Crippen LogP contribution in [0.5, 0.6) is 5.75 Å². The van der Waals surface area contributed by atoms with Crippen molar-refractivity contribution in [3.05, 3.63) is 59.7 Å². The van der Waals surface area contributed by atoms with Gasteiger partial charge < -0.3 is 14.8 Å². The second-order valence-electron chi connectivity index (χ2n) is 5.04. The highest BCUT2D eigenvalue weighted by Crippen LogP contribution is 2.14. The number of methoxy groups -OCH3 is 1. The molecule has 120 valence electrons. The summed E-state index contributed by atoms with van der Waals surface area (Å²) in [7, 11) is 1.32. The van der Waals surface area contributed by atoms with E-state index in [-0.39, 0.29) is 18.9 Å². The van der Waals surface area contributed by atoms with Gasteiger partial charge in [-0.2, -0.15) is 0 Å². The molecule has 2 aromatic carbocycles. The molecule has 23 heavy (non-hydrogen) atoms. The van der Waals surface area contributed by atoms with Crippen molar-refractivity contribution in [2.75, 3.05) is 19.0 Å². The Hall–Kier alpha value is -2.82. The number of rotatable bonds is 6. The van der Waals surface area contributed by atoms with Crippen LogP contribution in [0.3, 0.4) is 0 Å². The molecule has 2 aromatic rings. The van der Waals surface area contributed by atoms with Gasteiger partial charge in [0.2, 0.25) is 5.91 Å². The van der Waals surface area contributed by atoms with Crippen molar-refractivity contribution in [2.24, 2.45) is 0 Å². The van der Waals surface area contributed by atoms with Crippen LogP contribution >= 0.6 is 0 Å². The van der Waals surface area contributed by atoms with Crippen LogP contribution in [0.25, 0.3) is 0 Å². The summed E-state index contributed by atoms with van der Waals surface area (Å²) in [5.41, 5.74) is 2.04. The highest BCUT2D eigenvalue weighted by atomic mass is 16.5. The summed E-state index contributed by atoms with van der Waals surface area (Å²) in [4.78, 5) is 23.4. The smallest absolute Gasteiger partial charge is 0.337 e. The minimum atomic E-state index is -0.441. The molecular weight excluding hydrogens is 294 g/mol. The average Bonchev–Trinajstić information content (AvgIpc) is 2.54. The molecule has 0 atom stereocenters. The molecule has 0 radical (unpaired) electrons. The van der Waals surface area contributed by atoms with E-state index in [2.05, 4.69) is 10.1 Å². The molecule has 0 fully saturated rings. The Morgan fingerprint density at radius 3 is 2.61 bits per heavy atom. The largest absolute Gasteiger partial charge is 0.493 e. The van der Waals surface area contributed by atoms with Crippen LogP contribution in [0.15, 0.2) is 48.5 Å². The second-order valence-corrected chi connectivity index (χ2v) is 5.04. The summed E-state index contributed by atoms with van der Waals surface area (Å²) in [5.74, 6) is 0.119. The lowest BCUT2D eigenvalue weighted by atomic mass is 10.2. The van der Waals surface area contributed by atoms with Gasteiger partial charge in [0.25, 0.3) is 0 Å². The van der Waals surface area contributed by atoms with Gasteiger partial charge in [0.1, 0.15) is 5.75 Å². The number of carbonyl (C=O) groups excluding carboxylic acids is 2. The van der Waals surface area contributed by atoms with Crippen molar-refractivity contribution in [1.29, 1.82) is 0 Å². The maximum absolute atomic E-state index is 11.9. The van der Waals surface area contributed by atoms with Gasteiger partial charge in [0, 0.05) is 5.69 Å². The molecule has 0 aliphatic carbocycles. The molecule has 1 N–H and O–H groups in total. The third-order valence-electron chi connectivity index (χ3n) is 3.15. The van der Waals surface area contributed by atoms with Crippen LogP contribution in [0.1, 0.15) is 22.3 Å². The average molecular weight is 313 g/mol. The number of ether oxygens (including phenoxy) is 2. The number of hydrogen-bond donors (Lipinski definition) is 1. The number of aryl methyl sites for hydroxylation is 1. The maximum Gasteiger partial charge on any atom is 0.337 e. The monoisotopic (exact) mass is 313 g/mol. The predicted octanol–water partition coefficient (Wildman–Crippen LogP) is 3.19. The molecule has 5 nitrogen and oxygen atoms in total. The summed E-state index contributed by atoms with van der Waals surface area (Å²) in [5, 5.41) is 2.73. The zero-order chi connectivity index (χ0) is 16.7. The van der Waals surface area contributed by atoms with Gasteiger partial charge in [-0.3, -0.25) is 4.79 Å². The predicted molar refractivity (Wildman–Crippen MR) is 87.7 cm³/mol. The first-order chi connectivity index (χ1) is 11.1. The molecule has 5 heteroatoms. The van der Waals surface area contributed by atoms with E-state index >= 15 is 0 Å². The van der Waals surface area contributed by atoms with Crippen molar-refractivity contribution in [1.82, 2.24) is 0 Å². The molecule has 2 rings (SSSR count). The van der Waals surface area contributed by atoms with Crippen molar-refractivity contribution in [3.8, 4) is 5.75 Å². The lowest BCUT2D eigenvalue weighted by molar-refractivity contribution is -0.116. The Labute approximate surface area is 135 Å². The van der Waals surface area contributed by atoms with Crippen molar-refractivity contribution >= 4 is 17.6 Å². The molecule has 0 heterocycles. The normalized spacial score (nSPS) is 10.0. The molecule has 0 aliphatic rings. The number of benzene rings is 2. The van der Waals surface area contributed by atoms with Gasteiger partial charge in [0.15, 0.2) is 0 Å². The van der Waals surface area contributed by atoms with E-state index in [0.29, 0.717) is 11.3 Å². The molecular formula is C18H19NO4. The maximum atomic E-state index is 11.9. The van der Waals surface area contributed by atoms with Crippen LogP contribution in [0, 0.1) is 6.92 Å².